The summed E-state index contributed by atoms with van der Waals surface area (Å²) in [5.74, 6) is 0. The molecule has 0 radical (unpaired) electrons. The third-order valence-electron chi connectivity index (χ3n) is 0. The van der Waals surface area contributed by atoms with Gasteiger partial charge in [-0.15, -0.1) is 0 Å². The third-order valence-corrected chi connectivity index (χ3v) is 0. The van der Waals surface area contributed by atoms with E-state index < -0.39 is 3.24 Å². The minimum absolute atomic E-state index is 0.743. The molecule has 0 fully saturated rings. The van der Waals surface area contributed by atoms with Gasteiger partial charge in [0.1, 0.15) is 0 Å². The van der Waals surface area contributed by atoms with Crippen LogP contribution in [0.5, 0.6) is 0 Å². The molecule has 0 N–H and O–H groups in total. The van der Waals surface area contributed by atoms with Crippen molar-refractivity contribution in [3.63, 3.8) is 0 Å². The quantitative estimate of drug-likeness (QED) is 0.499. The SMILES string of the molecule is CC(Cl)(Cl)Br. The fraction of sp³-hybridized carbons (Fsp3) is 1.00. The van der Waals surface area contributed by atoms with Crippen LogP contribution in [0, 0.1) is 0 Å². The van der Waals surface area contributed by atoms with Gasteiger partial charge in [0.25, 0.3) is 0 Å². The van der Waals surface area contributed by atoms with Gasteiger partial charge in [0.05, 0.1) is 0 Å². The Kier molecular flexibility index (Phi) is 2.03. The van der Waals surface area contributed by atoms with Gasteiger partial charge in [-0.1, -0.05) is 39.1 Å². The Morgan fingerprint density at radius 3 is 1.60 bits per heavy atom. The second-order valence-corrected chi connectivity index (χ2v) is 4.99. The largest absolute Gasteiger partial charge is 0.169 e. The molecule has 0 amide bonds. The Bertz CT molecular complexity index is 23.1. The van der Waals surface area contributed by atoms with Crippen molar-refractivity contribution in [1.29, 1.82) is 0 Å². The topological polar surface area (TPSA) is 0 Å². The summed E-state index contributed by atoms with van der Waals surface area (Å²) in [6.45, 7) is 1.64. The zero-order chi connectivity index (χ0) is 4.50. The summed E-state index contributed by atoms with van der Waals surface area (Å²) < 4.78 is -0.743. The molecule has 0 aromatic rings. The molecular weight excluding hydrogens is 175 g/mol. The maximum absolute atomic E-state index is 5.21. The van der Waals surface area contributed by atoms with Crippen molar-refractivity contribution in [3.8, 4) is 0 Å². The molecule has 0 heterocycles. The first-order chi connectivity index (χ1) is 2.00. The monoisotopic (exact) mass is 176 g/mol. The lowest BCUT2D eigenvalue weighted by Crippen LogP contribution is -1.86. The van der Waals surface area contributed by atoms with Gasteiger partial charge in [-0.2, -0.15) is 0 Å². The van der Waals surface area contributed by atoms with Crippen molar-refractivity contribution in [2.75, 3.05) is 0 Å². The van der Waals surface area contributed by atoms with Gasteiger partial charge < -0.3 is 0 Å². The van der Waals surface area contributed by atoms with Crippen molar-refractivity contribution in [2.45, 2.75) is 10.2 Å². The third kappa shape index (κ3) is 42.2. The molecule has 0 bridgehead atoms. The van der Waals surface area contributed by atoms with Crippen LogP contribution in [0.4, 0.5) is 0 Å². The Hall–Kier alpha value is 1.06. The number of hydrogen-bond donors (Lipinski definition) is 0. The number of hydrogen-bond acceptors (Lipinski definition) is 0. The van der Waals surface area contributed by atoms with Crippen LogP contribution in [0.1, 0.15) is 6.92 Å². The molecule has 5 heavy (non-hydrogen) atoms. The van der Waals surface area contributed by atoms with Crippen LogP contribution in [-0.4, -0.2) is 3.24 Å². The molecule has 0 spiro atoms. The lowest BCUT2D eigenvalue weighted by Gasteiger charge is -1.95. The Balaban J connectivity index is 3.02. The molecule has 0 unspecified atom stereocenters. The van der Waals surface area contributed by atoms with Gasteiger partial charge in [0.15, 0.2) is 3.24 Å². The van der Waals surface area contributed by atoms with Crippen molar-refractivity contribution in [1.82, 2.24) is 0 Å². The van der Waals surface area contributed by atoms with Crippen molar-refractivity contribution >= 4 is 39.1 Å². The molecule has 0 atom stereocenters. The highest BCUT2D eigenvalue weighted by atomic mass is 79.9. The maximum atomic E-state index is 5.21. The van der Waals surface area contributed by atoms with E-state index >= 15 is 0 Å². The van der Waals surface area contributed by atoms with Gasteiger partial charge >= 0.3 is 0 Å². The summed E-state index contributed by atoms with van der Waals surface area (Å²) in [7, 11) is 0. The average molecular weight is 178 g/mol. The molecule has 0 rings (SSSR count). The lowest BCUT2D eigenvalue weighted by molar-refractivity contribution is 1.32. The lowest BCUT2D eigenvalue weighted by atomic mass is 11.0. The molecule has 0 aromatic carbocycles. The number of alkyl halides is 3. The van der Waals surface area contributed by atoms with Crippen molar-refractivity contribution < 1.29 is 0 Å². The van der Waals surface area contributed by atoms with Crippen LogP contribution in [0.15, 0.2) is 0 Å². The summed E-state index contributed by atoms with van der Waals surface area (Å²) in [5.41, 5.74) is 0. The summed E-state index contributed by atoms with van der Waals surface area (Å²) in [6.07, 6.45) is 0. The average Bonchev–Trinajstić information content (AvgIpc) is 0.722. The van der Waals surface area contributed by atoms with Gasteiger partial charge in [-0.05, 0) is 6.92 Å². The molecule has 0 nitrogen and oxygen atoms in total. The van der Waals surface area contributed by atoms with Crippen LogP contribution >= 0.6 is 39.1 Å². The summed E-state index contributed by atoms with van der Waals surface area (Å²) in [4.78, 5) is 0. The van der Waals surface area contributed by atoms with Gasteiger partial charge in [-0.3, -0.25) is 0 Å². The first-order valence-electron chi connectivity index (χ1n) is 1.07. The Morgan fingerprint density at radius 1 is 1.60 bits per heavy atom. The molecule has 3 heteroatoms. The first kappa shape index (κ1) is 6.06. The maximum Gasteiger partial charge on any atom is 0.169 e. The highest BCUT2D eigenvalue weighted by Crippen LogP contribution is 2.26. The van der Waals surface area contributed by atoms with Gasteiger partial charge in [0, 0.05) is 0 Å². The second-order valence-electron chi connectivity index (χ2n) is 0.781. The van der Waals surface area contributed by atoms with E-state index in [2.05, 4.69) is 15.9 Å². The molecule has 0 aromatic heterocycles. The fourth-order valence-corrected chi connectivity index (χ4v) is 0. The van der Waals surface area contributed by atoms with E-state index in [1.807, 2.05) is 0 Å². The normalized spacial score (nSPS) is 12.0. The standard InChI is InChI=1S/C2H3BrCl2/c1-2(3,4)5/h1H3. The fourth-order valence-electron chi connectivity index (χ4n) is 0. The molecule has 32 valence electrons. The highest BCUT2D eigenvalue weighted by molar-refractivity contribution is 9.11. The molecule has 0 saturated carbocycles. The van der Waals surface area contributed by atoms with Crippen LogP contribution in [0.25, 0.3) is 0 Å². The Labute approximate surface area is 49.6 Å². The minimum Gasteiger partial charge on any atom is -0.0892 e. The van der Waals surface area contributed by atoms with Crippen molar-refractivity contribution in [3.05, 3.63) is 0 Å². The smallest absolute Gasteiger partial charge is 0.0892 e. The summed E-state index contributed by atoms with van der Waals surface area (Å²) >= 11 is 13.3. The second kappa shape index (κ2) is 1.67. The number of rotatable bonds is 0. The van der Waals surface area contributed by atoms with Gasteiger partial charge in [0.2, 0.25) is 0 Å². The molecular formula is C2H3BrCl2. The van der Waals surface area contributed by atoms with Crippen molar-refractivity contribution in [2.24, 2.45) is 0 Å². The molecule has 0 saturated heterocycles. The van der Waals surface area contributed by atoms with E-state index in [9.17, 15) is 0 Å². The molecule has 0 aliphatic rings. The number of halogens is 3. The zero-order valence-electron chi connectivity index (χ0n) is 2.63. The highest BCUT2D eigenvalue weighted by Gasteiger charge is 2.06. The van der Waals surface area contributed by atoms with E-state index in [1.165, 1.54) is 0 Å². The van der Waals surface area contributed by atoms with Crippen LogP contribution in [0.3, 0.4) is 0 Å². The zero-order valence-corrected chi connectivity index (χ0v) is 5.73. The first-order valence-corrected chi connectivity index (χ1v) is 2.62. The molecule has 0 aliphatic heterocycles. The van der Waals surface area contributed by atoms with Gasteiger partial charge in [-0.25, -0.2) is 0 Å². The van der Waals surface area contributed by atoms with Crippen LogP contribution in [0.2, 0.25) is 0 Å². The van der Waals surface area contributed by atoms with Crippen LogP contribution < -0.4 is 0 Å². The van der Waals surface area contributed by atoms with E-state index in [0.29, 0.717) is 0 Å². The predicted octanol–water partition coefficient (Wildman–Crippen LogP) is 2.53. The summed E-state index contributed by atoms with van der Waals surface area (Å²) in [6, 6.07) is 0. The molecule has 0 aliphatic carbocycles. The van der Waals surface area contributed by atoms with Crippen LogP contribution in [-0.2, 0) is 0 Å². The Morgan fingerprint density at radius 2 is 1.60 bits per heavy atom. The van der Waals surface area contributed by atoms with E-state index in [4.69, 9.17) is 23.2 Å². The van der Waals surface area contributed by atoms with E-state index in [1.54, 1.807) is 6.92 Å². The van der Waals surface area contributed by atoms with E-state index in [-0.39, 0.29) is 0 Å². The van der Waals surface area contributed by atoms with E-state index in [0.717, 1.165) is 0 Å². The minimum atomic E-state index is -0.743. The summed E-state index contributed by atoms with van der Waals surface area (Å²) in [5, 5.41) is 0. The predicted molar refractivity (Wildman–Crippen MR) is 29.0 cm³/mol.